The van der Waals surface area contributed by atoms with Crippen molar-refractivity contribution in [3.8, 4) is 0 Å². The lowest BCUT2D eigenvalue weighted by atomic mass is 10.0. The van der Waals surface area contributed by atoms with Gasteiger partial charge in [-0.1, -0.05) is 12.1 Å². The molecule has 1 saturated heterocycles. The quantitative estimate of drug-likeness (QED) is 0.547. The van der Waals surface area contributed by atoms with E-state index in [0.29, 0.717) is 11.4 Å². The summed E-state index contributed by atoms with van der Waals surface area (Å²) in [5, 5.41) is 17.9. The fourth-order valence-corrected chi connectivity index (χ4v) is 3.88. The van der Waals surface area contributed by atoms with E-state index in [1.807, 2.05) is 31.4 Å². The van der Waals surface area contributed by atoms with Crippen LogP contribution in [0.5, 0.6) is 0 Å². The molecule has 2 aromatic heterocycles. The molecule has 6 nitrogen and oxygen atoms in total. The Morgan fingerprint density at radius 1 is 1.23 bits per heavy atom. The first kappa shape index (κ1) is 17.1. The van der Waals surface area contributed by atoms with Crippen molar-refractivity contribution in [2.45, 2.75) is 11.9 Å². The van der Waals surface area contributed by atoms with E-state index in [1.54, 1.807) is 11.8 Å². The molecule has 4 rings (SSSR count). The number of hydrogen-bond acceptors (Lipinski definition) is 6. The number of aromatic nitrogens is 3. The first-order chi connectivity index (χ1) is 12.7. The zero-order valence-corrected chi connectivity index (χ0v) is 15.7. The second-order valence-electron chi connectivity index (χ2n) is 6.27. The van der Waals surface area contributed by atoms with Gasteiger partial charge in [0.05, 0.1) is 41.2 Å². The topological polar surface area (TPSA) is 77.9 Å². The Labute approximate surface area is 156 Å². The Morgan fingerprint density at radius 2 is 1.96 bits per heavy atom. The lowest BCUT2D eigenvalue weighted by molar-refractivity contribution is 0.122. The minimum absolute atomic E-state index is 0.420. The van der Waals surface area contributed by atoms with Crippen molar-refractivity contribution >= 4 is 34.1 Å². The number of nitrogens with one attached hydrogen (secondary N) is 2. The van der Waals surface area contributed by atoms with Crippen LogP contribution in [0, 0.1) is 12.3 Å². The molecule has 3 aromatic rings. The molecule has 1 fully saturated rings. The Hall–Kier alpha value is -2.38. The fourth-order valence-electron chi connectivity index (χ4n) is 3.28. The molecule has 0 saturated carbocycles. The third kappa shape index (κ3) is 3.08. The number of hydrogen-bond donors (Lipinski definition) is 2. The van der Waals surface area contributed by atoms with Gasteiger partial charge < -0.3 is 9.64 Å². The summed E-state index contributed by atoms with van der Waals surface area (Å²) in [6, 6.07) is 10.0. The lowest BCUT2D eigenvalue weighted by Crippen LogP contribution is -2.36. The van der Waals surface area contributed by atoms with Gasteiger partial charge in [-0.15, -0.1) is 11.8 Å². The van der Waals surface area contributed by atoms with Gasteiger partial charge in [-0.25, -0.2) is 0 Å². The van der Waals surface area contributed by atoms with Gasteiger partial charge in [-0.2, -0.15) is 5.10 Å². The highest BCUT2D eigenvalue weighted by molar-refractivity contribution is 7.98. The molecule has 0 aliphatic carbocycles. The molecule has 0 radical (unpaired) electrons. The van der Waals surface area contributed by atoms with Crippen LogP contribution in [0.4, 0.5) is 5.69 Å². The number of fused-ring (bicyclic) bond motifs is 1. The van der Waals surface area contributed by atoms with E-state index in [0.717, 1.165) is 53.5 Å². The fraction of sp³-hybridized carbons (Fsp3) is 0.316. The number of anilines is 1. The Bertz CT molecular complexity index is 944. The van der Waals surface area contributed by atoms with Crippen molar-refractivity contribution in [2.75, 3.05) is 37.5 Å². The molecule has 1 aromatic carbocycles. The van der Waals surface area contributed by atoms with Gasteiger partial charge in [0.1, 0.15) is 5.03 Å². The zero-order chi connectivity index (χ0) is 18.1. The van der Waals surface area contributed by atoms with E-state index in [4.69, 9.17) is 10.1 Å². The summed E-state index contributed by atoms with van der Waals surface area (Å²) in [5.41, 5.74) is 4.92. The van der Waals surface area contributed by atoms with Crippen LogP contribution in [0.25, 0.3) is 10.9 Å². The van der Waals surface area contributed by atoms with E-state index >= 15 is 0 Å². The molecular formula is C19H21N5OS. The van der Waals surface area contributed by atoms with Crippen LogP contribution in [-0.4, -0.2) is 53.5 Å². The number of aromatic amines is 1. The summed E-state index contributed by atoms with van der Waals surface area (Å²) in [6.07, 6.45) is 2.00. The van der Waals surface area contributed by atoms with Crippen molar-refractivity contribution in [3.63, 3.8) is 0 Å². The van der Waals surface area contributed by atoms with Crippen molar-refractivity contribution < 1.29 is 4.74 Å². The highest BCUT2D eigenvalue weighted by Gasteiger charge is 2.15. The van der Waals surface area contributed by atoms with Gasteiger partial charge in [0.25, 0.3) is 0 Å². The number of aryl methyl sites for hydroxylation is 1. The highest BCUT2D eigenvalue weighted by atomic mass is 32.2. The molecule has 0 spiro atoms. The molecule has 1 aliphatic rings. The molecule has 0 amide bonds. The molecule has 2 N–H and O–H groups in total. The molecule has 0 bridgehead atoms. The van der Waals surface area contributed by atoms with E-state index in [1.165, 1.54) is 5.69 Å². The van der Waals surface area contributed by atoms with Crippen LogP contribution >= 0.6 is 11.8 Å². The third-order valence-electron chi connectivity index (χ3n) is 4.67. The first-order valence-electron chi connectivity index (χ1n) is 8.59. The number of ether oxygens (including phenoxy) is 1. The lowest BCUT2D eigenvalue weighted by Gasteiger charge is -2.28. The van der Waals surface area contributed by atoms with Crippen LogP contribution in [0.1, 0.15) is 17.0 Å². The second-order valence-corrected chi connectivity index (χ2v) is 7.06. The van der Waals surface area contributed by atoms with Gasteiger partial charge in [0, 0.05) is 24.3 Å². The number of nitrogens with zero attached hydrogens (tertiary/aromatic N) is 3. The summed E-state index contributed by atoms with van der Waals surface area (Å²) < 4.78 is 5.40. The average molecular weight is 367 g/mol. The number of thioether (sulfide) groups is 1. The van der Waals surface area contributed by atoms with Gasteiger partial charge in [-0.05, 0) is 31.4 Å². The van der Waals surface area contributed by atoms with Crippen LogP contribution < -0.4 is 4.90 Å². The van der Waals surface area contributed by atoms with Crippen LogP contribution in [-0.2, 0) is 4.74 Å². The summed E-state index contributed by atoms with van der Waals surface area (Å²) in [7, 11) is 0. The minimum Gasteiger partial charge on any atom is -0.378 e. The van der Waals surface area contributed by atoms with Gasteiger partial charge in [0.15, 0.2) is 0 Å². The zero-order valence-electron chi connectivity index (χ0n) is 14.9. The Kier molecular flexibility index (Phi) is 4.65. The predicted molar refractivity (Wildman–Crippen MR) is 106 cm³/mol. The maximum absolute atomic E-state index is 8.57. The van der Waals surface area contributed by atoms with Crippen molar-refractivity contribution in [1.82, 2.24) is 15.2 Å². The maximum Gasteiger partial charge on any atom is 0.127 e. The van der Waals surface area contributed by atoms with Crippen molar-refractivity contribution in [1.29, 1.82) is 5.41 Å². The molecule has 134 valence electrons. The molecule has 0 unspecified atom stereocenters. The summed E-state index contributed by atoms with van der Waals surface area (Å²) in [4.78, 5) is 6.95. The average Bonchev–Trinajstić information content (AvgIpc) is 3.12. The smallest absolute Gasteiger partial charge is 0.127 e. The number of rotatable bonds is 4. The molecule has 1 aliphatic heterocycles. The van der Waals surface area contributed by atoms with E-state index in [2.05, 4.69) is 32.2 Å². The van der Waals surface area contributed by atoms with E-state index in [-0.39, 0.29) is 0 Å². The van der Waals surface area contributed by atoms with Crippen molar-refractivity contribution in [2.24, 2.45) is 0 Å². The summed E-state index contributed by atoms with van der Waals surface area (Å²) in [5.74, 6) is 0. The minimum atomic E-state index is 0.420. The predicted octanol–water partition coefficient (Wildman–Crippen LogP) is 3.24. The van der Waals surface area contributed by atoms with E-state index < -0.39 is 0 Å². The molecule has 7 heteroatoms. The summed E-state index contributed by atoms with van der Waals surface area (Å²) in [6.45, 7) is 5.32. The van der Waals surface area contributed by atoms with Gasteiger partial charge >= 0.3 is 0 Å². The number of pyridine rings is 1. The monoisotopic (exact) mass is 367 g/mol. The third-order valence-corrected chi connectivity index (χ3v) is 5.36. The number of H-pyrrole nitrogens is 1. The van der Waals surface area contributed by atoms with Crippen LogP contribution in [0.3, 0.4) is 0 Å². The summed E-state index contributed by atoms with van der Waals surface area (Å²) >= 11 is 1.60. The number of morpholine rings is 1. The molecule has 3 heterocycles. The normalized spacial score (nSPS) is 14.8. The van der Waals surface area contributed by atoms with Crippen LogP contribution in [0.15, 0.2) is 35.4 Å². The number of benzene rings is 1. The highest BCUT2D eigenvalue weighted by Crippen LogP contribution is 2.27. The molecule has 0 atom stereocenters. The molecule has 26 heavy (non-hydrogen) atoms. The first-order valence-corrected chi connectivity index (χ1v) is 9.81. The van der Waals surface area contributed by atoms with E-state index in [9.17, 15) is 0 Å². The van der Waals surface area contributed by atoms with Gasteiger partial charge in [-0.3, -0.25) is 15.5 Å². The van der Waals surface area contributed by atoms with Crippen molar-refractivity contribution in [3.05, 3.63) is 47.3 Å². The largest absolute Gasteiger partial charge is 0.378 e. The standard InChI is InChI=1S/C19H21N5OS/c1-12-17-15(22-23-19(17)26-2)11-16(21-12)18(20)13-3-5-14(6-4-13)24-7-9-25-10-8-24/h3-6,11,20H,7-10H2,1-2H3,(H,22,23). The van der Waals surface area contributed by atoms with Crippen LogP contribution in [0.2, 0.25) is 0 Å². The Morgan fingerprint density at radius 3 is 2.65 bits per heavy atom. The SMILES string of the molecule is CSc1n[nH]c2cc(C(=N)c3ccc(N4CCOCC4)cc3)nc(C)c12. The second kappa shape index (κ2) is 7.09. The maximum atomic E-state index is 8.57. The van der Waals surface area contributed by atoms with Gasteiger partial charge in [0.2, 0.25) is 0 Å². The molecular weight excluding hydrogens is 346 g/mol. The Balaban J connectivity index is 1.62.